The molecule has 132 valence electrons. The second-order valence-corrected chi connectivity index (χ2v) is 6.49. The molecule has 0 atom stereocenters. The molecule has 1 aliphatic rings. The summed E-state index contributed by atoms with van der Waals surface area (Å²) < 4.78 is 1.75. The minimum atomic E-state index is -0.879. The van der Waals surface area contributed by atoms with Crippen molar-refractivity contribution in [2.75, 3.05) is 13.1 Å². The van der Waals surface area contributed by atoms with Crippen molar-refractivity contribution in [1.82, 2.24) is 14.7 Å². The van der Waals surface area contributed by atoms with Crippen molar-refractivity contribution in [3.05, 3.63) is 53.3 Å². The summed E-state index contributed by atoms with van der Waals surface area (Å²) in [5.74, 6) is -0.442. The Morgan fingerprint density at radius 1 is 1.24 bits per heavy atom. The maximum Gasteiger partial charge on any atom is 0.335 e. The van der Waals surface area contributed by atoms with E-state index in [4.69, 9.17) is 0 Å². The average Bonchev–Trinajstić information content (AvgIpc) is 3.11. The number of nitrogens with zero attached hydrogens (tertiary/aromatic N) is 3. The lowest BCUT2D eigenvalue weighted by Gasteiger charge is -2.32. The van der Waals surface area contributed by atoms with Crippen LogP contribution in [0.1, 0.15) is 46.0 Å². The SMILES string of the molecule is CCn1cc(C(=O)N2CCC(Cc3ccccc3C(=O)O)CC2)cn1. The number of piperidine rings is 1. The van der Waals surface area contributed by atoms with Crippen molar-refractivity contribution in [3.63, 3.8) is 0 Å². The molecule has 1 amide bonds. The molecule has 0 saturated carbocycles. The fraction of sp³-hybridized carbons (Fsp3) is 0.421. The molecule has 1 fully saturated rings. The fourth-order valence-electron chi connectivity index (χ4n) is 3.39. The third kappa shape index (κ3) is 3.90. The molecule has 0 bridgehead atoms. The molecule has 0 radical (unpaired) electrons. The van der Waals surface area contributed by atoms with Crippen LogP contribution in [0.5, 0.6) is 0 Å². The van der Waals surface area contributed by atoms with Crippen LogP contribution in [0.25, 0.3) is 0 Å². The maximum atomic E-state index is 12.5. The zero-order chi connectivity index (χ0) is 17.8. The molecule has 1 aromatic heterocycles. The van der Waals surface area contributed by atoms with Crippen molar-refractivity contribution < 1.29 is 14.7 Å². The number of hydrogen-bond donors (Lipinski definition) is 1. The highest BCUT2D eigenvalue weighted by atomic mass is 16.4. The normalized spacial score (nSPS) is 15.3. The second kappa shape index (κ2) is 7.51. The first kappa shape index (κ1) is 17.2. The topological polar surface area (TPSA) is 75.4 Å². The number of hydrogen-bond acceptors (Lipinski definition) is 3. The van der Waals surface area contributed by atoms with Gasteiger partial charge in [0.2, 0.25) is 0 Å². The minimum absolute atomic E-state index is 0.0316. The maximum absolute atomic E-state index is 12.5. The Hall–Kier alpha value is -2.63. The van der Waals surface area contributed by atoms with E-state index in [1.54, 1.807) is 29.2 Å². The van der Waals surface area contributed by atoms with Gasteiger partial charge >= 0.3 is 5.97 Å². The molecule has 0 spiro atoms. The van der Waals surface area contributed by atoms with Crippen LogP contribution in [0.15, 0.2) is 36.7 Å². The molecule has 1 saturated heterocycles. The summed E-state index contributed by atoms with van der Waals surface area (Å²) >= 11 is 0. The van der Waals surface area contributed by atoms with Crippen LogP contribution < -0.4 is 0 Å². The van der Waals surface area contributed by atoms with E-state index in [-0.39, 0.29) is 5.91 Å². The number of carbonyl (C=O) groups excluding carboxylic acids is 1. The molecule has 0 aliphatic carbocycles. The molecule has 1 aromatic carbocycles. The van der Waals surface area contributed by atoms with Gasteiger partial charge in [0.25, 0.3) is 5.91 Å². The molecular weight excluding hydrogens is 318 g/mol. The predicted molar refractivity (Wildman–Crippen MR) is 93.6 cm³/mol. The first-order chi connectivity index (χ1) is 12.1. The van der Waals surface area contributed by atoms with E-state index in [1.807, 2.05) is 24.0 Å². The zero-order valence-corrected chi connectivity index (χ0v) is 14.4. The van der Waals surface area contributed by atoms with Crippen LogP contribution in [0.3, 0.4) is 0 Å². The monoisotopic (exact) mass is 341 g/mol. The van der Waals surface area contributed by atoms with Crippen molar-refractivity contribution in [1.29, 1.82) is 0 Å². The van der Waals surface area contributed by atoms with Crippen molar-refractivity contribution in [2.45, 2.75) is 32.7 Å². The molecular formula is C19H23N3O3. The largest absolute Gasteiger partial charge is 0.478 e. The van der Waals surface area contributed by atoms with E-state index in [0.29, 0.717) is 30.1 Å². The van der Waals surface area contributed by atoms with E-state index in [2.05, 4.69) is 5.10 Å². The van der Waals surface area contributed by atoms with E-state index < -0.39 is 5.97 Å². The number of carboxylic acid groups (broad SMARTS) is 1. The Morgan fingerprint density at radius 3 is 2.60 bits per heavy atom. The molecule has 2 aromatic rings. The van der Waals surface area contributed by atoms with Crippen LogP contribution >= 0.6 is 0 Å². The second-order valence-electron chi connectivity index (χ2n) is 6.49. The van der Waals surface area contributed by atoms with Gasteiger partial charge in [-0.2, -0.15) is 5.10 Å². The molecule has 1 aliphatic heterocycles. The summed E-state index contributed by atoms with van der Waals surface area (Å²) in [5, 5.41) is 13.5. The summed E-state index contributed by atoms with van der Waals surface area (Å²) in [6.45, 7) is 4.14. The number of rotatable bonds is 5. The van der Waals surface area contributed by atoms with Crippen LogP contribution in [-0.4, -0.2) is 44.8 Å². The van der Waals surface area contributed by atoms with Gasteiger partial charge in [-0.25, -0.2) is 4.79 Å². The lowest BCUT2D eigenvalue weighted by Crippen LogP contribution is -2.38. The smallest absolute Gasteiger partial charge is 0.335 e. The fourth-order valence-corrected chi connectivity index (χ4v) is 3.39. The van der Waals surface area contributed by atoms with Crippen molar-refractivity contribution >= 4 is 11.9 Å². The molecule has 25 heavy (non-hydrogen) atoms. The molecule has 0 unspecified atom stereocenters. The summed E-state index contributed by atoms with van der Waals surface area (Å²) in [7, 11) is 0. The number of likely N-dealkylation sites (tertiary alicyclic amines) is 1. The Bertz CT molecular complexity index is 761. The van der Waals surface area contributed by atoms with Gasteiger partial charge in [0.15, 0.2) is 0 Å². The molecule has 2 heterocycles. The van der Waals surface area contributed by atoms with Gasteiger partial charge < -0.3 is 10.0 Å². The molecule has 3 rings (SSSR count). The number of aromatic carboxylic acids is 1. The number of aromatic nitrogens is 2. The van der Waals surface area contributed by atoms with Crippen molar-refractivity contribution in [2.24, 2.45) is 5.92 Å². The van der Waals surface area contributed by atoms with E-state index in [0.717, 1.165) is 31.4 Å². The van der Waals surface area contributed by atoms with Gasteiger partial charge in [0.05, 0.1) is 17.3 Å². The highest BCUT2D eigenvalue weighted by molar-refractivity contribution is 5.93. The summed E-state index contributed by atoms with van der Waals surface area (Å²) in [6, 6.07) is 7.18. The van der Waals surface area contributed by atoms with Gasteiger partial charge in [-0.1, -0.05) is 18.2 Å². The van der Waals surface area contributed by atoms with Crippen LogP contribution in [0.4, 0.5) is 0 Å². The van der Waals surface area contributed by atoms with Crippen molar-refractivity contribution in [3.8, 4) is 0 Å². The Kier molecular flexibility index (Phi) is 5.16. The first-order valence-electron chi connectivity index (χ1n) is 8.71. The minimum Gasteiger partial charge on any atom is -0.478 e. The quantitative estimate of drug-likeness (QED) is 0.907. The van der Waals surface area contributed by atoms with Crippen LogP contribution in [0, 0.1) is 5.92 Å². The van der Waals surface area contributed by atoms with Gasteiger partial charge in [-0.05, 0) is 43.7 Å². The van der Waals surface area contributed by atoms with E-state index in [9.17, 15) is 14.7 Å². The number of carboxylic acids is 1. The third-order valence-corrected chi connectivity index (χ3v) is 4.86. The van der Waals surface area contributed by atoms with Gasteiger partial charge in [-0.3, -0.25) is 9.48 Å². The van der Waals surface area contributed by atoms with E-state index >= 15 is 0 Å². The molecule has 1 N–H and O–H groups in total. The first-order valence-corrected chi connectivity index (χ1v) is 8.71. The standard InChI is InChI=1S/C19H23N3O3/c1-2-22-13-16(12-20-22)18(23)21-9-7-14(8-10-21)11-15-5-3-4-6-17(15)19(24)25/h3-6,12-14H,2,7-11H2,1H3,(H,24,25). The Balaban J connectivity index is 1.59. The van der Waals surface area contributed by atoms with E-state index in [1.165, 1.54) is 0 Å². The number of carbonyl (C=O) groups is 2. The summed E-state index contributed by atoms with van der Waals surface area (Å²) in [4.78, 5) is 25.7. The predicted octanol–water partition coefficient (Wildman–Crippen LogP) is 2.70. The lowest BCUT2D eigenvalue weighted by atomic mass is 9.88. The average molecular weight is 341 g/mol. The highest BCUT2D eigenvalue weighted by Gasteiger charge is 2.25. The number of amides is 1. The lowest BCUT2D eigenvalue weighted by molar-refractivity contribution is 0.0690. The van der Waals surface area contributed by atoms with Gasteiger partial charge in [-0.15, -0.1) is 0 Å². The van der Waals surface area contributed by atoms with Gasteiger partial charge in [0.1, 0.15) is 0 Å². The Morgan fingerprint density at radius 2 is 1.96 bits per heavy atom. The zero-order valence-electron chi connectivity index (χ0n) is 14.4. The number of aryl methyl sites for hydroxylation is 1. The van der Waals surface area contributed by atoms with Crippen LogP contribution in [0.2, 0.25) is 0 Å². The molecule has 6 heteroatoms. The van der Waals surface area contributed by atoms with Gasteiger partial charge in [0, 0.05) is 25.8 Å². The number of benzene rings is 1. The molecule has 6 nitrogen and oxygen atoms in total. The summed E-state index contributed by atoms with van der Waals surface area (Å²) in [6.07, 6.45) is 5.94. The van der Waals surface area contributed by atoms with Crippen LogP contribution in [-0.2, 0) is 13.0 Å². The summed E-state index contributed by atoms with van der Waals surface area (Å²) in [5.41, 5.74) is 1.90. The Labute approximate surface area is 147 Å². The third-order valence-electron chi connectivity index (χ3n) is 4.86. The highest BCUT2D eigenvalue weighted by Crippen LogP contribution is 2.24.